The number of aromatic nitrogens is 2. The van der Waals surface area contributed by atoms with Gasteiger partial charge in [0.05, 0.1) is 34.1 Å². The Morgan fingerprint density at radius 3 is 2.52 bits per heavy atom. The maximum atomic E-state index is 13.0. The highest BCUT2D eigenvalue weighted by atomic mass is 35.5. The molecule has 0 aliphatic rings. The molecule has 0 aliphatic carbocycles. The zero-order valence-electron chi connectivity index (χ0n) is 17.1. The molecule has 8 nitrogen and oxygen atoms in total. The first-order chi connectivity index (χ1) is 14.9. The lowest BCUT2D eigenvalue weighted by atomic mass is 10.1. The average molecular weight is 442 g/mol. The van der Waals surface area contributed by atoms with Gasteiger partial charge in [0.1, 0.15) is 11.7 Å². The van der Waals surface area contributed by atoms with Gasteiger partial charge in [0.25, 0.3) is 5.91 Å². The van der Waals surface area contributed by atoms with E-state index in [0.717, 1.165) is 11.0 Å². The number of carboxylic acids is 1. The van der Waals surface area contributed by atoms with Crippen LogP contribution in [0.25, 0.3) is 11.0 Å². The number of rotatable bonds is 9. The number of imidazole rings is 1. The number of nitrogens with one attached hydrogen (secondary N) is 3. The Kier molecular flexibility index (Phi) is 7.25. The third-order valence-electron chi connectivity index (χ3n) is 4.98. The van der Waals surface area contributed by atoms with Crippen molar-refractivity contribution in [3.8, 4) is 0 Å². The van der Waals surface area contributed by atoms with Crippen LogP contribution < -0.4 is 10.6 Å². The van der Waals surface area contributed by atoms with Gasteiger partial charge < -0.3 is 20.3 Å². The van der Waals surface area contributed by atoms with Crippen LogP contribution >= 0.6 is 11.6 Å². The van der Waals surface area contributed by atoms with E-state index in [2.05, 4.69) is 10.6 Å². The Morgan fingerprint density at radius 1 is 1.16 bits per heavy atom. The normalized spacial score (nSPS) is 11.8. The number of amidine groups is 1. The zero-order chi connectivity index (χ0) is 22.4. The van der Waals surface area contributed by atoms with Gasteiger partial charge >= 0.3 is 5.97 Å². The molecule has 0 fully saturated rings. The lowest BCUT2D eigenvalue weighted by molar-refractivity contribution is 0.0690. The average Bonchev–Trinajstić information content (AvgIpc) is 3.12. The van der Waals surface area contributed by atoms with Crippen LogP contribution in [0.4, 0.5) is 0 Å². The van der Waals surface area contributed by atoms with Gasteiger partial charge in [-0.1, -0.05) is 24.3 Å². The summed E-state index contributed by atoms with van der Waals surface area (Å²) in [4.78, 5) is 29.2. The highest BCUT2D eigenvalue weighted by Gasteiger charge is 2.23. The van der Waals surface area contributed by atoms with E-state index in [1.165, 1.54) is 12.1 Å². The number of para-hydroxylation sites is 2. The van der Waals surface area contributed by atoms with Crippen molar-refractivity contribution in [1.82, 2.24) is 20.2 Å². The van der Waals surface area contributed by atoms with Gasteiger partial charge in [-0.2, -0.15) is 0 Å². The molecule has 3 aromatic rings. The highest BCUT2D eigenvalue weighted by molar-refractivity contribution is 6.27. The first-order valence-corrected chi connectivity index (χ1v) is 10.4. The first-order valence-electron chi connectivity index (χ1n) is 9.84. The van der Waals surface area contributed by atoms with Crippen LogP contribution in [-0.2, 0) is 7.05 Å². The standard InChI is InChI=1S/C22H24ClN5O3/c1-28-18-11-5-4-9-16(18)26-20(28)17(10-6-12-25-19(24)13-23)27-21(29)14-7-2-3-8-15(14)22(30)31/h2-5,7-9,11,17H,6,10,12-13H2,1H3,(H2,24,25)(H,27,29)(H,30,31)/t17-/m0/s1. The second-order valence-electron chi connectivity index (χ2n) is 7.08. The molecule has 1 aromatic heterocycles. The summed E-state index contributed by atoms with van der Waals surface area (Å²) in [5.74, 6) is -0.614. The number of aryl methyl sites for hydroxylation is 1. The van der Waals surface area contributed by atoms with Gasteiger partial charge in [-0.05, 0) is 37.1 Å². The third-order valence-corrected chi connectivity index (χ3v) is 5.25. The Balaban J connectivity index is 1.86. The molecule has 0 bridgehead atoms. The van der Waals surface area contributed by atoms with Crippen molar-refractivity contribution < 1.29 is 14.7 Å². The summed E-state index contributed by atoms with van der Waals surface area (Å²) in [6.07, 6.45) is 1.19. The summed E-state index contributed by atoms with van der Waals surface area (Å²) in [6, 6.07) is 13.3. The molecule has 0 saturated heterocycles. The first kappa shape index (κ1) is 22.3. The number of carbonyl (C=O) groups excluding carboxylic acids is 1. The number of hydrogen-bond acceptors (Lipinski definition) is 4. The molecule has 4 N–H and O–H groups in total. The molecule has 1 heterocycles. The summed E-state index contributed by atoms with van der Waals surface area (Å²) in [6.45, 7) is 0.521. The number of amides is 1. The molecule has 1 amide bonds. The minimum Gasteiger partial charge on any atom is -0.478 e. The molecule has 1 atom stereocenters. The van der Waals surface area contributed by atoms with Crippen molar-refractivity contribution in [3.05, 3.63) is 65.5 Å². The smallest absolute Gasteiger partial charge is 0.336 e. The fourth-order valence-electron chi connectivity index (χ4n) is 3.44. The number of aromatic carboxylic acids is 1. The van der Waals surface area contributed by atoms with Gasteiger partial charge in [-0.25, -0.2) is 9.78 Å². The van der Waals surface area contributed by atoms with Crippen LogP contribution in [0.15, 0.2) is 48.5 Å². The van der Waals surface area contributed by atoms with Crippen molar-refractivity contribution >= 4 is 40.3 Å². The summed E-state index contributed by atoms with van der Waals surface area (Å²) < 4.78 is 1.93. The number of benzene rings is 2. The monoisotopic (exact) mass is 441 g/mol. The van der Waals surface area contributed by atoms with Gasteiger partial charge in [-0.3, -0.25) is 10.2 Å². The van der Waals surface area contributed by atoms with E-state index in [9.17, 15) is 14.7 Å². The van der Waals surface area contributed by atoms with Crippen molar-refractivity contribution in [2.75, 3.05) is 12.4 Å². The maximum Gasteiger partial charge on any atom is 0.336 e. The largest absolute Gasteiger partial charge is 0.478 e. The van der Waals surface area contributed by atoms with Crippen molar-refractivity contribution in [2.24, 2.45) is 7.05 Å². The Bertz CT molecular complexity index is 1110. The third kappa shape index (κ3) is 5.21. The Labute approximate surface area is 184 Å². The second kappa shape index (κ2) is 10.1. The fraction of sp³-hybridized carbons (Fsp3) is 0.273. The van der Waals surface area contributed by atoms with Crippen molar-refractivity contribution in [1.29, 1.82) is 5.41 Å². The molecule has 3 rings (SSSR count). The van der Waals surface area contributed by atoms with Crippen LogP contribution in [0.1, 0.15) is 45.4 Å². The quantitative estimate of drug-likeness (QED) is 0.176. The van der Waals surface area contributed by atoms with E-state index in [1.807, 2.05) is 35.9 Å². The number of halogens is 1. The van der Waals surface area contributed by atoms with Gasteiger partial charge in [-0.15, -0.1) is 11.6 Å². The number of fused-ring (bicyclic) bond motifs is 1. The fourth-order valence-corrected chi connectivity index (χ4v) is 3.53. The molecule has 0 radical (unpaired) electrons. The lowest BCUT2D eigenvalue weighted by Gasteiger charge is -2.19. The predicted molar refractivity (Wildman–Crippen MR) is 120 cm³/mol. The predicted octanol–water partition coefficient (Wildman–Crippen LogP) is 3.33. The van der Waals surface area contributed by atoms with E-state index in [-0.39, 0.29) is 22.8 Å². The van der Waals surface area contributed by atoms with Crippen molar-refractivity contribution in [2.45, 2.75) is 18.9 Å². The van der Waals surface area contributed by atoms with E-state index in [0.29, 0.717) is 25.2 Å². The number of hydrogen-bond donors (Lipinski definition) is 4. The van der Waals surface area contributed by atoms with Gasteiger partial charge in [0, 0.05) is 13.6 Å². The Hall–Kier alpha value is -3.39. The molecular weight excluding hydrogens is 418 g/mol. The maximum absolute atomic E-state index is 13.0. The molecule has 9 heteroatoms. The highest BCUT2D eigenvalue weighted by Crippen LogP contribution is 2.23. The molecule has 0 spiro atoms. The molecule has 0 aliphatic heterocycles. The minimum atomic E-state index is -1.16. The van der Waals surface area contributed by atoms with Crippen LogP contribution in [0.5, 0.6) is 0 Å². The van der Waals surface area contributed by atoms with E-state index < -0.39 is 17.9 Å². The van der Waals surface area contributed by atoms with Gasteiger partial charge in [0.15, 0.2) is 0 Å². The Morgan fingerprint density at radius 2 is 1.84 bits per heavy atom. The minimum absolute atomic E-state index is 0.0546. The van der Waals surface area contributed by atoms with E-state index in [4.69, 9.17) is 22.0 Å². The van der Waals surface area contributed by atoms with E-state index >= 15 is 0 Å². The van der Waals surface area contributed by atoms with Crippen LogP contribution in [0.2, 0.25) is 0 Å². The molecule has 0 saturated carbocycles. The summed E-state index contributed by atoms with van der Waals surface area (Å²) in [7, 11) is 1.89. The molecule has 2 aromatic carbocycles. The molecular formula is C22H24ClN5O3. The molecule has 0 unspecified atom stereocenters. The van der Waals surface area contributed by atoms with Crippen LogP contribution in [0.3, 0.4) is 0 Å². The zero-order valence-corrected chi connectivity index (χ0v) is 17.8. The molecule has 162 valence electrons. The van der Waals surface area contributed by atoms with Crippen molar-refractivity contribution in [3.63, 3.8) is 0 Å². The second-order valence-corrected chi connectivity index (χ2v) is 7.34. The summed E-state index contributed by atoms with van der Waals surface area (Å²) in [5.41, 5.74) is 1.79. The van der Waals surface area contributed by atoms with Crippen LogP contribution in [-0.4, -0.2) is 44.8 Å². The van der Waals surface area contributed by atoms with E-state index in [1.54, 1.807) is 12.1 Å². The number of carboxylic acid groups (broad SMARTS) is 1. The molecule has 31 heavy (non-hydrogen) atoms. The number of carbonyl (C=O) groups is 2. The number of alkyl halides is 1. The SMILES string of the molecule is Cn1c([C@H](CCCNC(=N)CCl)NC(=O)c2ccccc2C(=O)O)nc2ccccc21. The van der Waals surface area contributed by atoms with Crippen LogP contribution in [0, 0.1) is 5.41 Å². The summed E-state index contributed by atoms with van der Waals surface area (Å²) >= 11 is 5.63. The lowest BCUT2D eigenvalue weighted by Crippen LogP contribution is -2.32. The summed E-state index contributed by atoms with van der Waals surface area (Å²) in [5, 5.41) is 22.9. The number of nitrogens with zero attached hydrogens (tertiary/aromatic N) is 2. The topological polar surface area (TPSA) is 120 Å². The van der Waals surface area contributed by atoms with Gasteiger partial charge in [0.2, 0.25) is 0 Å².